The molecular weight excluding hydrogens is 490 g/mol. The molecule has 1 atom stereocenters. The van der Waals surface area contributed by atoms with Gasteiger partial charge in [0.25, 0.3) is 5.67 Å². The molecule has 1 aliphatic carbocycles. The van der Waals surface area contributed by atoms with Crippen molar-refractivity contribution < 1.29 is 39.5 Å². The summed E-state index contributed by atoms with van der Waals surface area (Å²) in [4.78, 5) is 0. The van der Waals surface area contributed by atoms with E-state index in [4.69, 9.17) is 0 Å². The molecule has 0 aromatic rings. The zero-order valence-corrected chi connectivity index (χ0v) is 16.6. The highest BCUT2D eigenvalue weighted by atomic mass is 127. The Morgan fingerprint density at radius 3 is 1.46 bits per heavy atom. The second kappa shape index (κ2) is 7.50. The van der Waals surface area contributed by atoms with Gasteiger partial charge in [-0.2, -0.15) is 35.1 Å². The van der Waals surface area contributed by atoms with Crippen molar-refractivity contribution in [2.75, 3.05) is 0 Å². The molecule has 1 rings (SSSR count). The third-order valence-corrected chi connectivity index (χ3v) is 5.76. The predicted octanol–water partition coefficient (Wildman–Crippen LogP) is 7.58. The third kappa shape index (κ3) is 3.56. The van der Waals surface area contributed by atoms with E-state index in [0.717, 1.165) is 32.6 Å². The van der Waals surface area contributed by atoms with Crippen LogP contribution in [0, 0.1) is 0 Å². The number of hydrogen-bond acceptors (Lipinski definition) is 0. The average Bonchev–Trinajstić information content (AvgIpc) is 2.52. The van der Waals surface area contributed by atoms with Crippen molar-refractivity contribution in [2.45, 2.75) is 98.0 Å². The molecule has 0 nitrogen and oxygen atoms in total. The first-order valence-electron chi connectivity index (χ1n) is 8.41. The molecule has 1 unspecified atom stereocenters. The van der Waals surface area contributed by atoms with E-state index < -0.39 is 39.2 Å². The minimum Gasteiger partial charge on any atom is -0.230 e. The van der Waals surface area contributed by atoms with Gasteiger partial charge < -0.3 is 0 Å². The van der Waals surface area contributed by atoms with Gasteiger partial charge in [0.15, 0.2) is 0 Å². The third-order valence-electron chi connectivity index (χ3n) is 4.84. The maximum absolute atomic E-state index is 14.6. The fraction of sp³-hybridized carbons (Fsp3) is 1.00. The lowest BCUT2D eigenvalue weighted by Crippen LogP contribution is -2.57. The second-order valence-electron chi connectivity index (χ2n) is 7.21. The SMILES string of the molecule is CCCCCCCCC(C)(I)CC1(F)C(F)(F)C(F)(F)C(F)(F)C1(F)F. The summed E-state index contributed by atoms with van der Waals surface area (Å²) in [6.45, 7) is 3.12. The number of rotatable bonds is 9. The Morgan fingerprint density at radius 2 is 1.04 bits per heavy atom. The Bertz CT molecular complexity index is 462. The van der Waals surface area contributed by atoms with Crippen LogP contribution in [0.5, 0.6) is 0 Å². The highest BCUT2D eigenvalue weighted by Crippen LogP contribution is 2.71. The van der Waals surface area contributed by atoms with E-state index in [1.54, 1.807) is 0 Å². The molecule has 0 aromatic heterocycles. The Kier molecular flexibility index (Phi) is 6.96. The smallest absolute Gasteiger partial charge is 0.230 e. The van der Waals surface area contributed by atoms with Gasteiger partial charge in [-0.3, -0.25) is 0 Å². The lowest BCUT2D eigenvalue weighted by Gasteiger charge is -2.36. The molecule has 1 fully saturated rings. The summed E-state index contributed by atoms with van der Waals surface area (Å²) in [6, 6.07) is 0. The highest BCUT2D eigenvalue weighted by molar-refractivity contribution is 14.1. The van der Waals surface area contributed by atoms with Crippen LogP contribution in [0.4, 0.5) is 39.5 Å². The topological polar surface area (TPSA) is 0 Å². The van der Waals surface area contributed by atoms with E-state index in [1.165, 1.54) is 22.6 Å². The lowest BCUT2D eigenvalue weighted by atomic mass is 9.84. The Hall–Kier alpha value is 0.1000. The first-order chi connectivity index (χ1) is 11.5. The standard InChI is InChI=1S/C16H22F9I/c1-3-4-5-6-7-8-9-11(2,26)10-12(17)13(18,19)15(22,23)16(24,25)14(12,20)21/h3-10H2,1-2H3. The summed E-state index contributed by atoms with van der Waals surface area (Å²) in [7, 11) is 0. The molecule has 0 spiro atoms. The molecule has 0 aromatic carbocycles. The van der Waals surface area contributed by atoms with Crippen molar-refractivity contribution in [1.29, 1.82) is 0 Å². The van der Waals surface area contributed by atoms with Crippen LogP contribution >= 0.6 is 22.6 Å². The van der Waals surface area contributed by atoms with Gasteiger partial charge in [-0.15, -0.1) is 0 Å². The summed E-state index contributed by atoms with van der Waals surface area (Å²) in [5, 5.41) is 0. The van der Waals surface area contributed by atoms with E-state index in [9.17, 15) is 39.5 Å². The number of hydrogen-bond donors (Lipinski definition) is 0. The Balaban J connectivity index is 2.95. The van der Waals surface area contributed by atoms with Crippen LogP contribution in [0.15, 0.2) is 0 Å². The minimum absolute atomic E-state index is 0.0331. The quantitative estimate of drug-likeness (QED) is 0.129. The summed E-state index contributed by atoms with van der Waals surface area (Å²) in [5.74, 6) is -25.3. The molecule has 0 bridgehead atoms. The molecule has 0 N–H and O–H groups in total. The molecule has 26 heavy (non-hydrogen) atoms. The summed E-state index contributed by atoms with van der Waals surface area (Å²) in [6.07, 6.45) is 2.83. The largest absolute Gasteiger partial charge is 0.381 e. The first-order valence-corrected chi connectivity index (χ1v) is 9.49. The van der Waals surface area contributed by atoms with Crippen molar-refractivity contribution in [2.24, 2.45) is 0 Å². The molecule has 0 heterocycles. The minimum atomic E-state index is -6.48. The maximum Gasteiger partial charge on any atom is 0.381 e. The fourth-order valence-electron chi connectivity index (χ4n) is 3.18. The highest BCUT2D eigenvalue weighted by Gasteiger charge is 3.00. The number of alkyl halides is 10. The summed E-state index contributed by atoms with van der Waals surface area (Å²) < 4.78 is 121. The van der Waals surface area contributed by atoms with Gasteiger partial charge in [-0.25, -0.2) is 4.39 Å². The molecular formula is C16H22F9I. The van der Waals surface area contributed by atoms with Gasteiger partial charge >= 0.3 is 23.7 Å². The maximum atomic E-state index is 14.6. The molecule has 0 saturated heterocycles. The van der Waals surface area contributed by atoms with Crippen LogP contribution in [-0.4, -0.2) is 32.8 Å². The summed E-state index contributed by atoms with van der Waals surface area (Å²) in [5.41, 5.74) is -5.34. The van der Waals surface area contributed by atoms with Gasteiger partial charge in [-0.1, -0.05) is 75.0 Å². The molecule has 1 saturated carbocycles. The van der Waals surface area contributed by atoms with Crippen molar-refractivity contribution in [3.63, 3.8) is 0 Å². The normalized spacial score (nSPS) is 27.2. The van der Waals surface area contributed by atoms with E-state index in [2.05, 4.69) is 0 Å². The average molecular weight is 512 g/mol. The Morgan fingerprint density at radius 1 is 0.654 bits per heavy atom. The zero-order valence-electron chi connectivity index (χ0n) is 14.4. The van der Waals surface area contributed by atoms with E-state index in [1.807, 2.05) is 6.92 Å². The van der Waals surface area contributed by atoms with Crippen molar-refractivity contribution in [1.82, 2.24) is 0 Å². The predicted molar refractivity (Wildman–Crippen MR) is 88.7 cm³/mol. The van der Waals surface area contributed by atoms with Crippen LogP contribution < -0.4 is 0 Å². The second-order valence-corrected chi connectivity index (χ2v) is 9.81. The first kappa shape index (κ1) is 24.1. The molecule has 0 amide bonds. The van der Waals surface area contributed by atoms with Crippen LogP contribution in [0.1, 0.15) is 65.2 Å². The van der Waals surface area contributed by atoms with Gasteiger partial charge in [0.05, 0.1) is 0 Å². The van der Waals surface area contributed by atoms with Crippen molar-refractivity contribution in [3.8, 4) is 0 Å². The fourth-order valence-corrected chi connectivity index (χ4v) is 4.09. The summed E-state index contributed by atoms with van der Waals surface area (Å²) >= 11 is 1.40. The van der Waals surface area contributed by atoms with Crippen LogP contribution in [0.2, 0.25) is 0 Å². The Labute approximate surface area is 160 Å². The lowest BCUT2D eigenvalue weighted by molar-refractivity contribution is -0.303. The van der Waals surface area contributed by atoms with E-state index in [-0.39, 0.29) is 6.42 Å². The number of halogens is 10. The molecule has 156 valence electrons. The molecule has 1 aliphatic rings. The molecule has 10 heteroatoms. The van der Waals surface area contributed by atoms with Crippen LogP contribution in [0.25, 0.3) is 0 Å². The van der Waals surface area contributed by atoms with Crippen LogP contribution in [-0.2, 0) is 0 Å². The van der Waals surface area contributed by atoms with Gasteiger partial charge in [0.1, 0.15) is 0 Å². The zero-order chi connectivity index (χ0) is 20.7. The molecule has 0 aliphatic heterocycles. The van der Waals surface area contributed by atoms with Gasteiger partial charge in [0.2, 0.25) is 0 Å². The van der Waals surface area contributed by atoms with Crippen LogP contribution in [0.3, 0.4) is 0 Å². The van der Waals surface area contributed by atoms with Gasteiger partial charge in [-0.05, 0) is 6.42 Å². The van der Waals surface area contributed by atoms with Gasteiger partial charge in [0, 0.05) is 9.84 Å². The number of unbranched alkanes of at least 4 members (excludes halogenated alkanes) is 5. The monoisotopic (exact) mass is 512 g/mol. The molecule has 0 radical (unpaired) electrons. The van der Waals surface area contributed by atoms with E-state index >= 15 is 0 Å². The van der Waals surface area contributed by atoms with Crippen molar-refractivity contribution >= 4 is 22.6 Å². The van der Waals surface area contributed by atoms with E-state index in [0.29, 0.717) is 12.8 Å². The van der Waals surface area contributed by atoms with Crippen molar-refractivity contribution in [3.05, 3.63) is 0 Å².